The molecule has 0 saturated heterocycles. The lowest BCUT2D eigenvalue weighted by molar-refractivity contribution is -0.137. The largest absolute Gasteiger partial charge is 0.494 e. The first kappa shape index (κ1) is 16.4. The first-order valence-corrected chi connectivity index (χ1v) is 7.21. The summed E-state index contributed by atoms with van der Waals surface area (Å²) in [6.45, 7) is 6.92. The molecular weight excluding hydrogens is 311 g/mol. The average Bonchev–Trinajstić information content (AvgIpc) is 2.77. The number of aliphatic hydroxyl groups excluding tert-OH is 1. The molecule has 1 aromatic rings. The molecule has 1 aromatic carbocycles. The van der Waals surface area contributed by atoms with E-state index in [0.29, 0.717) is 21.8 Å². The van der Waals surface area contributed by atoms with Crippen molar-refractivity contribution in [2.75, 3.05) is 0 Å². The van der Waals surface area contributed by atoms with E-state index in [1.807, 2.05) is 13.0 Å². The number of halogens is 3. The SMILES string of the molecule is C=C(O)/N=C1/SC(C)=C/C1=C(/C)c1cccc(C(F)(F)F)c1. The Bertz CT molecular complexity index is 714. The van der Waals surface area contributed by atoms with Crippen LogP contribution in [0.3, 0.4) is 0 Å². The molecule has 1 aliphatic heterocycles. The van der Waals surface area contributed by atoms with Crippen LogP contribution < -0.4 is 0 Å². The molecule has 0 radical (unpaired) electrons. The van der Waals surface area contributed by atoms with E-state index in [-0.39, 0.29) is 5.88 Å². The predicted molar refractivity (Wildman–Crippen MR) is 84.6 cm³/mol. The van der Waals surface area contributed by atoms with E-state index in [4.69, 9.17) is 0 Å². The van der Waals surface area contributed by atoms with Gasteiger partial charge in [0.05, 0.1) is 5.56 Å². The predicted octanol–water partition coefficient (Wildman–Crippen LogP) is 5.56. The fourth-order valence-electron chi connectivity index (χ4n) is 2.06. The number of thioether (sulfide) groups is 1. The van der Waals surface area contributed by atoms with Gasteiger partial charge in [0, 0.05) is 5.57 Å². The van der Waals surface area contributed by atoms with Gasteiger partial charge >= 0.3 is 6.18 Å². The first-order chi connectivity index (χ1) is 10.2. The molecule has 2 rings (SSSR count). The van der Waals surface area contributed by atoms with Crippen LogP contribution in [0.5, 0.6) is 0 Å². The topological polar surface area (TPSA) is 32.6 Å². The van der Waals surface area contributed by atoms with E-state index in [2.05, 4.69) is 11.6 Å². The zero-order chi connectivity index (χ0) is 16.5. The molecule has 116 valence electrons. The van der Waals surface area contributed by atoms with Gasteiger partial charge in [-0.1, -0.05) is 23.9 Å². The lowest BCUT2D eigenvalue weighted by Crippen LogP contribution is -2.05. The molecule has 0 fully saturated rings. The standard InChI is InChI=1S/C16H14F3NOS/c1-9-7-14(15(22-9)20-11(3)21)10(2)12-5-4-6-13(8-12)16(17,18)19/h4-8,21H,3H2,1-2H3/b14-10+,20-15+. The number of aliphatic imine (C=N–C) groups is 1. The van der Waals surface area contributed by atoms with Gasteiger partial charge in [-0.15, -0.1) is 0 Å². The Morgan fingerprint density at radius 2 is 2.00 bits per heavy atom. The highest BCUT2D eigenvalue weighted by atomic mass is 32.2. The van der Waals surface area contributed by atoms with E-state index in [9.17, 15) is 18.3 Å². The molecule has 6 heteroatoms. The van der Waals surface area contributed by atoms with Gasteiger partial charge in [0.2, 0.25) is 5.88 Å². The van der Waals surface area contributed by atoms with Gasteiger partial charge in [0.1, 0.15) is 5.04 Å². The number of aliphatic hydroxyl groups is 1. The second kappa shape index (κ2) is 6.04. The van der Waals surface area contributed by atoms with Crippen LogP contribution in [0, 0.1) is 0 Å². The Balaban J connectivity index is 2.53. The van der Waals surface area contributed by atoms with Crippen molar-refractivity contribution in [1.82, 2.24) is 0 Å². The second-order valence-corrected chi connectivity index (χ2v) is 6.04. The number of hydrogen-bond acceptors (Lipinski definition) is 3. The van der Waals surface area contributed by atoms with E-state index in [0.717, 1.165) is 17.0 Å². The minimum atomic E-state index is -4.38. The van der Waals surface area contributed by atoms with Gasteiger partial charge in [-0.2, -0.15) is 13.2 Å². The fourth-order valence-corrected chi connectivity index (χ4v) is 3.01. The van der Waals surface area contributed by atoms with Gasteiger partial charge in [0.25, 0.3) is 0 Å². The Labute approximate surface area is 130 Å². The molecule has 2 nitrogen and oxygen atoms in total. The fraction of sp³-hybridized carbons (Fsp3) is 0.188. The summed E-state index contributed by atoms with van der Waals surface area (Å²) in [5.41, 5.74) is 1.13. The van der Waals surface area contributed by atoms with Crippen molar-refractivity contribution in [3.63, 3.8) is 0 Å². The van der Waals surface area contributed by atoms with Crippen molar-refractivity contribution in [2.24, 2.45) is 4.99 Å². The number of benzene rings is 1. The van der Waals surface area contributed by atoms with Gasteiger partial charge in [-0.25, -0.2) is 4.99 Å². The maximum Gasteiger partial charge on any atom is 0.416 e. The summed E-state index contributed by atoms with van der Waals surface area (Å²) in [6, 6.07) is 5.15. The molecule has 22 heavy (non-hydrogen) atoms. The summed E-state index contributed by atoms with van der Waals surface area (Å²) in [7, 11) is 0. The van der Waals surface area contributed by atoms with Crippen molar-refractivity contribution in [3.8, 4) is 0 Å². The van der Waals surface area contributed by atoms with Crippen LogP contribution in [0.2, 0.25) is 0 Å². The molecule has 1 heterocycles. The molecule has 0 saturated carbocycles. The summed E-state index contributed by atoms with van der Waals surface area (Å²) in [6.07, 6.45) is -2.55. The van der Waals surface area contributed by atoms with Crippen molar-refractivity contribution in [1.29, 1.82) is 0 Å². The van der Waals surface area contributed by atoms with Gasteiger partial charge < -0.3 is 5.11 Å². The quantitative estimate of drug-likeness (QED) is 0.722. The van der Waals surface area contributed by atoms with Gasteiger partial charge in [-0.3, -0.25) is 0 Å². The monoisotopic (exact) mass is 325 g/mol. The molecule has 0 atom stereocenters. The molecule has 1 N–H and O–H groups in total. The lowest BCUT2D eigenvalue weighted by Gasteiger charge is -2.11. The van der Waals surface area contributed by atoms with Crippen LogP contribution in [-0.2, 0) is 6.18 Å². The van der Waals surface area contributed by atoms with Crippen molar-refractivity contribution in [2.45, 2.75) is 20.0 Å². The Morgan fingerprint density at radius 3 is 2.59 bits per heavy atom. The van der Waals surface area contributed by atoms with Crippen molar-refractivity contribution in [3.05, 3.63) is 64.4 Å². The number of rotatable bonds is 2. The highest BCUT2D eigenvalue weighted by Crippen LogP contribution is 2.37. The molecular formula is C16H14F3NOS. The van der Waals surface area contributed by atoms with Gasteiger partial charge in [-0.05, 0) is 54.7 Å². The molecule has 0 spiro atoms. The van der Waals surface area contributed by atoms with E-state index < -0.39 is 11.7 Å². The van der Waals surface area contributed by atoms with Crippen LogP contribution >= 0.6 is 11.8 Å². The number of alkyl halides is 3. The molecule has 0 aliphatic carbocycles. The summed E-state index contributed by atoms with van der Waals surface area (Å²) in [5.74, 6) is -0.333. The van der Waals surface area contributed by atoms with Crippen LogP contribution in [0.1, 0.15) is 25.0 Å². The number of nitrogens with zero attached hydrogens (tertiary/aromatic N) is 1. The Kier molecular flexibility index (Phi) is 4.51. The van der Waals surface area contributed by atoms with E-state index in [1.165, 1.54) is 17.8 Å². The maximum absolute atomic E-state index is 12.8. The zero-order valence-electron chi connectivity index (χ0n) is 12.0. The van der Waals surface area contributed by atoms with Crippen LogP contribution in [0.15, 0.2) is 58.3 Å². The van der Waals surface area contributed by atoms with Gasteiger partial charge in [0.15, 0.2) is 0 Å². The highest BCUT2D eigenvalue weighted by molar-refractivity contribution is 8.18. The third-order valence-corrected chi connectivity index (χ3v) is 4.04. The summed E-state index contributed by atoms with van der Waals surface area (Å²) < 4.78 is 38.5. The van der Waals surface area contributed by atoms with Crippen LogP contribution in [-0.4, -0.2) is 10.2 Å². The third-order valence-electron chi connectivity index (χ3n) is 3.09. The molecule has 0 aromatic heterocycles. The minimum absolute atomic E-state index is 0.333. The highest BCUT2D eigenvalue weighted by Gasteiger charge is 2.30. The molecule has 0 unspecified atom stereocenters. The summed E-state index contributed by atoms with van der Waals surface area (Å²) >= 11 is 1.34. The van der Waals surface area contributed by atoms with Crippen molar-refractivity contribution < 1.29 is 18.3 Å². The normalized spacial score (nSPS) is 19.3. The number of hydrogen-bond donors (Lipinski definition) is 1. The second-order valence-electron chi connectivity index (χ2n) is 4.81. The summed E-state index contributed by atoms with van der Waals surface area (Å²) in [4.78, 5) is 4.88. The number of allylic oxidation sites excluding steroid dienone is 3. The summed E-state index contributed by atoms with van der Waals surface area (Å²) in [5, 5.41) is 9.76. The maximum atomic E-state index is 12.8. The van der Waals surface area contributed by atoms with Crippen molar-refractivity contribution >= 4 is 22.4 Å². The Morgan fingerprint density at radius 1 is 1.32 bits per heavy atom. The zero-order valence-corrected chi connectivity index (χ0v) is 12.8. The average molecular weight is 325 g/mol. The van der Waals surface area contributed by atoms with E-state index >= 15 is 0 Å². The third kappa shape index (κ3) is 3.62. The minimum Gasteiger partial charge on any atom is -0.494 e. The lowest BCUT2D eigenvalue weighted by atomic mass is 9.99. The smallest absolute Gasteiger partial charge is 0.416 e. The first-order valence-electron chi connectivity index (χ1n) is 6.40. The Hall–Kier alpha value is -1.95. The van der Waals surface area contributed by atoms with E-state index in [1.54, 1.807) is 13.0 Å². The van der Waals surface area contributed by atoms with Crippen LogP contribution in [0.25, 0.3) is 5.57 Å². The molecule has 0 bridgehead atoms. The van der Waals surface area contributed by atoms with Crippen LogP contribution in [0.4, 0.5) is 13.2 Å². The molecule has 0 amide bonds. The molecule has 1 aliphatic rings.